The van der Waals surface area contributed by atoms with Crippen molar-refractivity contribution in [2.75, 3.05) is 20.8 Å². The largest absolute Gasteiger partial charge is 0.496 e. The highest BCUT2D eigenvalue weighted by Crippen LogP contribution is 2.26. The van der Waals surface area contributed by atoms with Gasteiger partial charge in [-0.25, -0.2) is 4.79 Å². The number of hydrogen-bond acceptors (Lipinski definition) is 5. The van der Waals surface area contributed by atoms with Gasteiger partial charge in [0, 0.05) is 12.0 Å². The molecule has 1 aromatic carbocycles. The molecule has 118 valence electrons. The summed E-state index contributed by atoms with van der Waals surface area (Å²) in [6.07, 6.45) is 0.000389. The van der Waals surface area contributed by atoms with Gasteiger partial charge in [0.25, 0.3) is 5.91 Å². The molecule has 22 heavy (non-hydrogen) atoms. The fourth-order valence-electron chi connectivity index (χ4n) is 2.58. The minimum atomic E-state index is -0.849. The Kier molecular flexibility index (Phi) is 4.49. The molecular formula is C16H19NO5. The van der Waals surface area contributed by atoms with Crippen LogP contribution in [0.25, 0.3) is 0 Å². The number of carbonyl (C=O) groups is 3. The van der Waals surface area contributed by atoms with Gasteiger partial charge in [0.1, 0.15) is 11.8 Å². The van der Waals surface area contributed by atoms with Gasteiger partial charge in [0.05, 0.1) is 20.8 Å². The predicted octanol–water partition coefficient (Wildman–Crippen LogP) is 1.27. The highest BCUT2D eigenvalue weighted by Gasteiger charge is 2.40. The Morgan fingerprint density at radius 3 is 2.50 bits per heavy atom. The number of amides is 1. The van der Waals surface area contributed by atoms with E-state index < -0.39 is 12.0 Å². The molecule has 1 heterocycles. The van der Waals surface area contributed by atoms with Gasteiger partial charge in [-0.05, 0) is 37.1 Å². The standard InChI is InChI=1S/C16H19NO5/c1-9-5-11(6-14(21-3)10(9)2)15(19)17-8-12(18)7-13(17)16(20)22-4/h5-6,13H,7-8H2,1-4H3/t13-/m0/s1. The number of ketones is 1. The number of benzene rings is 1. The van der Waals surface area contributed by atoms with Gasteiger partial charge < -0.3 is 14.4 Å². The summed E-state index contributed by atoms with van der Waals surface area (Å²) in [4.78, 5) is 37.3. The molecule has 0 unspecified atom stereocenters. The van der Waals surface area contributed by atoms with Crippen LogP contribution in [0.5, 0.6) is 5.75 Å². The first kappa shape index (κ1) is 16.0. The Balaban J connectivity index is 2.36. The van der Waals surface area contributed by atoms with Gasteiger partial charge in [-0.15, -0.1) is 0 Å². The van der Waals surface area contributed by atoms with Crippen LogP contribution in [0.2, 0.25) is 0 Å². The Hall–Kier alpha value is -2.37. The average molecular weight is 305 g/mol. The molecule has 0 spiro atoms. The van der Waals surface area contributed by atoms with Crippen molar-refractivity contribution in [2.24, 2.45) is 0 Å². The van der Waals surface area contributed by atoms with Gasteiger partial charge in [-0.3, -0.25) is 9.59 Å². The predicted molar refractivity (Wildman–Crippen MR) is 78.9 cm³/mol. The molecular weight excluding hydrogens is 286 g/mol. The smallest absolute Gasteiger partial charge is 0.329 e. The van der Waals surface area contributed by atoms with E-state index in [1.807, 2.05) is 13.8 Å². The van der Waals surface area contributed by atoms with Crippen molar-refractivity contribution in [1.82, 2.24) is 4.90 Å². The molecule has 1 saturated heterocycles. The van der Waals surface area contributed by atoms with Crippen LogP contribution in [-0.2, 0) is 14.3 Å². The lowest BCUT2D eigenvalue weighted by Crippen LogP contribution is -2.41. The second-order valence-corrected chi connectivity index (χ2v) is 5.34. The number of hydrogen-bond donors (Lipinski definition) is 0. The summed E-state index contributed by atoms with van der Waals surface area (Å²) in [5, 5.41) is 0. The van der Waals surface area contributed by atoms with E-state index in [-0.39, 0.29) is 24.7 Å². The van der Waals surface area contributed by atoms with E-state index >= 15 is 0 Å². The van der Waals surface area contributed by atoms with E-state index in [9.17, 15) is 14.4 Å². The number of ether oxygens (including phenoxy) is 2. The molecule has 1 aromatic rings. The second-order valence-electron chi connectivity index (χ2n) is 5.34. The molecule has 0 aliphatic carbocycles. The zero-order valence-electron chi connectivity index (χ0n) is 13.1. The molecule has 0 bridgehead atoms. The lowest BCUT2D eigenvalue weighted by molar-refractivity contribution is -0.145. The van der Waals surface area contributed by atoms with E-state index in [4.69, 9.17) is 4.74 Å². The topological polar surface area (TPSA) is 72.9 Å². The number of nitrogens with zero attached hydrogens (tertiary/aromatic N) is 1. The van der Waals surface area contributed by atoms with Crippen molar-refractivity contribution in [2.45, 2.75) is 26.3 Å². The van der Waals surface area contributed by atoms with Crippen molar-refractivity contribution in [3.8, 4) is 5.75 Å². The number of esters is 1. The van der Waals surface area contributed by atoms with E-state index in [2.05, 4.69) is 4.74 Å². The van der Waals surface area contributed by atoms with Gasteiger partial charge in [0.15, 0.2) is 5.78 Å². The van der Waals surface area contributed by atoms with Crippen LogP contribution in [0.3, 0.4) is 0 Å². The number of Topliss-reactive ketones (excluding diaryl/α,β-unsaturated/α-hetero) is 1. The van der Waals surface area contributed by atoms with Gasteiger partial charge in [-0.2, -0.15) is 0 Å². The van der Waals surface area contributed by atoms with Gasteiger partial charge in [0.2, 0.25) is 0 Å². The van der Waals surface area contributed by atoms with Gasteiger partial charge >= 0.3 is 5.97 Å². The molecule has 0 radical (unpaired) electrons. The molecule has 2 rings (SSSR count). The number of rotatable bonds is 3. The fraction of sp³-hybridized carbons (Fsp3) is 0.438. The SMILES string of the molecule is COC(=O)[C@@H]1CC(=O)CN1C(=O)c1cc(C)c(C)c(OC)c1. The van der Waals surface area contributed by atoms with Crippen molar-refractivity contribution in [1.29, 1.82) is 0 Å². The number of aryl methyl sites for hydroxylation is 1. The van der Waals surface area contributed by atoms with Crippen LogP contribution < -0.4 is 4.74 Å². The summed E-state index contributed by atoms with van der Waals surface area (Å²) < 4.78 is 9.94. The van der Waals surface area contributed by atoms with Crippen LogP contribution in [0.15, 0.2) is 12.1 Å². The molecule has 1 amide bonds. The maximum absolute atomic E-state index is 12.7. The van der Waals surface area contributed by atoms with Crippen LogP contribution in [0, 0.1) is 13.8 Å². The van der Waals surface area contributed by atoms with E-state index in [1.165, 1.54) is 19.1 Å². The molecule has 1 aliphatic rings. The number of methoxy groups -OCH3 is 2. The summed E-state index contributed by atoms with van der Waals surface area (Å²) >= 11 is 0. The Bertz CT molecular complexity index is 638. The highest BCUT2D eigenvalue weighted by molar-refractivity contribution is 6.03. The molecule has 6 heteroatoms. The zero-order valence-corrected chi connectivity index (χ0v) is 13.1. The third-order valence-corrected chi connectivity index (χ3v) is 3.96. The summed E-state index contributed by atoms with van der Waals surface area (Å²) in [6.45, 7) is 3.70. The molecule has 6 nitrogen and oxygen atoms in total. The summed E-state index contributed by atoms with van der Waals surface area (Å²) in [6, 6.07) is 2.51. The fourth-order valence-corrected chi connectivity index (χ4v) is 2.58. The average Bonchev–Trinajstić information content (AvgIpc) is 2.90. The third kappa shape index (κ3) is 2.81. The minimum absolute atomic E-state index is 0.000389. The normalized spacial score (nSPS) is 17.5. The van der Waals surface area contributed by atoms with E-state index in [0.717, 1.165) is 11.1 Å². The first-order valence-electron chi connectivity index (χ1n) is 6.94. The molecule has 1 atom stereocenters. The van der Waals surface area contributed by atoms with Crippen molar-refractivity contribution >= 4 is 17.7 Å². The summed E-state index contributed by atoms with van der Waals surface area (Å²) in [7, 11) is 2.78. The molecule has 0 N–H and O–H groups in total. The monoisotopic (exact) mass is 305 g/mol. The summed E-state index contributed by atoms with van der Waals surface area (Å²) in [5.74, 6) is -0.499. The van der Waals surface area contributed by atoms with Crippen LogP contribution >= 0.6 is 0 Å². The lowest BCUT2D eigenvalue weighted by Gasteiger charge is -2.22. The van der Waals surface area contributed by atoms with Crippen LogP contribution in [0.4, 0.5) is 0 Å². The quantitative estimate of drug-likeness (QED) is 0.786. The van der Waals surface area contributed by atoms with Crippen LogP contribution in [-0.4, -0.2) is 49.4 Å². The maximum Gasteiger partial charge on any atom is 0.329 e. The first-order chi connectivity index (χ1) is 10.4. The first-order valence-corrected chi connectivity index (χ1v) is 6.94. The lowest BCUT2D eigenvalue weighted by atomic mass is 10.0. The van der Waals surface area contributed by atoms with E-state index in [1.54, 1.807) is 12.1 Å². The van der Waals surface area contributed by atoms with Crippen LogP contribution in [0.1, 0.15) is 27.9 Å². The Morgan fingerprint density at radius 1 is 1.23 bits per heavy atom. The zero-order chi connectivity index (χ0) is 16.4. The second kappa shape index (κ2) is 6.17. The molecule has 1 fully saturated rings. The summed E-state index contributed by atoms with van der Waals surface area (Å²) in [5.41, 5.74) is 2.24. The Morgan fingerprint density at radius 2 is 1.91 bits per heavy atom. The van der Waals surface area contributed by atoms with Gasteiger partial charge in [-0.1, -0.05) is 0 Å². The Labute approximate surface area is 129 Å². The van der Waals surface area contributed by atoms with E-state index in [0.29, 0.717) is 11.3 Å². The number of likely N-dealkylation sites (tertiary alicyclic amines) is 1. The minimum Gasteiger partial charge on any atom is -0.496 e. The third-order valence-electron chi connectivity index (χ3n) is 3.96. The van der Waals surface area contributed by atoms with Crippen molar-refractivity contribution in [3.05, 3.63) is 28.8 Å². The highest BCUT2D eigenvalue weighted by atomic mass is 16.5. The van der Waals surface area contributed by atoms with Crippen molar-refractivity contribution < 1.29 is 23.9 Å². The molecule has 1 aliphatic heterocycles. The number of carbonyl (C=O) groups excluding carboxylic acids is 3. The molecule has 0 aromatic heterocycles. The van der Waals surface area contributed by atoms with Crippen molar-refractivity contribution in [3.63, 3.8) is 0 Å². The maximum atomic E-state index is 12.7. The molecule has 0 saturated carbocycles.